The van der Waals surface area contributed by atoms with Gasteiger partial charge in [-0.05, 0) is 12.8 Å². The van der Waals surface area contributed by atoms with E-state index >= 15 is 0 Å². The minimum absolute atomic E-state index is 0.512. The molecule has 0 rings (SSSR count). The van der Waals surface area contributed by atoms with Crippen molar-refractivity contribution in [1.82, 2.24) is 0 Å². The van der Waals surface area contributed by atoms with Gasteiger partial charge in [0.15, 0.2) is 5.79 Å². The van der Waals surface area contributed by atoms with Gasteiger partial charge in [-0.2, -0.15) is 0 Å². The molecule has 27 heavy (non-hydrogen) atoms. The van der Waals surface area contributed by atoms with E-state index in [2.05, 4.69) is 35.0 Å². The molecule has 0 fully saturated rings. The first-order chi connectivity index (χ1) is 12.8. The molecule has 1 N–H and O–H groups in total. The van der Waals surface area contributed by atoms with Crippen molar-refractivity contribution in [2.45, 2.75) is 116 Å². The second kappa shape index (κ2) is 16.8. The van der Waals surface area contributed by atoms with E-state index in [0.717, 1.165) is 30.3 Å². The van der Waals surface area contributed by atoms with Crippen LogP contribution in [0.4, 0.5) is 0 Å². The lowest BCUT2D eigenvalue weighted by molar-refractivity contribution is -0.872. The molecule has 0 aromatic heterocycles. The summed E-state index contributed by atoms with van der Waals surface area (Å²) in [6.07, 6.45) is 17.5. The molecule has 0 spiro atoms. The molecule has 0 heterocycles. The summed E-state index contributed by atoms with van der Waals surface area (Å²) >= 11 is 0. The summed E-state index contributed by atoms with van der Waals surface area (Å²) in [6, 6.07) is 0. The lowest BCUT2D eigenvalue weighted by atomic mass is 9.99. The van der Waals surface area contributed by atoms with Crippen molar-refractivity contribution in [3.63, 3.8) is 0 Å². The summed E-state index contributed by atoms with van der Waals surface area (Å²) in [6.45, 7) is 5.85. The van der Waals surface area contributed by atoms with Crippen molar-refractivity contribution in [1.29, 1.82) is 0 Å². The van der Waals surface area contributed by atoms with E-state index in [0.29, 0.717) is 19.4 Å². The molecule has 0 saturated carbocycles. The Hall–Kier alpha value is -0.160. The van der Waals surface area contributed by atoms with Crippen LogP contribution < -0.4 is 0 Å². The molecule has 4 nitrogen and oxygen atoms in total. The van der Waals surface area contributed by atoms with Crippen LogP contribution in [-0.4, -0.2) is 49.7 Å². The summed E-state index contributed by atoms with van der Waals surface area (Å²) in [5.41, 5.74) is 0. The van der Waals surface area contributed by atoms with Crippen molar-refractivity contribution in [2.24, 2.45) is 0 Å². The van der Waals surface area contributed by atoms with Crippen molar-refractivity contribution in [3.05, 3.63) is 0 Å². The molecular formula is C23H50NO3+. The molecule has 0 amide bonds. The van der Waals surface area contributed by atoms with Crippen LogP contribution in [-0.2, 0) is 9.78 Å². The van der Waals surface area contributed by atoms with Crippen LogP contribution >= 0.6 is 0 Å². The number of nitrogens with zero attached hydrogens (tertiary/aromatic N) is 1. The second-order valence-electron chi connectivity index (χ2n) is 9.25. The first kappa shape index (κ1) is 26.8. The maximum atomic E-state index is 10.9. The molecular weight excluding hydrogens is 338 g/mol. The number of rotatable bonds is 20. The van der Waals surface area contributed by atoms with Gasteiger partial charge in [0.1, 0.15) is 13.2 Å². The lowest BCUT2D eigenvalue weighted by Crippen LogP contribution is -2.39. The Labute approximate surface area is 170 Å². The SMILES string of the molecule is CCCCCCCCCCCC(O)(CCCCCC)OOCC[N+](C)(C)C. The van der Waals surface area contributed by atoms with Crippen LogP contribution in [0.25, 0.3) is 0 Å². The van der Waals surface area contributed by atoms with Crippen molar-refractivity contribution in [3.8, 4) is 0 Å². The average molecular weight is 389 g/mol. The van der Waals surface area contributed by atoms with E-state index in [1.807, 2.05) is 0 Å². The summed E-state index contributed by atoms with van der Waals surface area (Å²) in [7, 11) is 6.38. The van der Waals surface area contributed by atoms with Gasteiger partial charge >= 0.3 is 0 Å². The fourth-order valence-electron chi connectivity index (χ4n) is 3.21. The second-order valence-corrected chi connectivity index (χ2v) is 9.25. The predicted octanol–water partition coefficient (Wildman–Crippen LogP) is 6.22. The third-order valence-electron chi connectivity index (χ3n) is 5.15. The van der Waals surface area contributed by atoms with Crippen LogP contribution in [0.5, 0.6) is 0 Å². The van der Waals surface area contributed by atoms with E-state index in [4.69, 9.17) is 9.78 Å². The Bertz CT molecular complexity index is 317. The highest BCUT2D eigenvalue weighted by atomic mass is 17.2. The highest BCUT2D eigenvalue weighted by molar-refractivity contribution is 4.66. The Morgan fingerprint density at radius 2 is 1.07 bits per heavy atom. The molecule has 0 aromatic rings. The van der Waals surface area contributed by atoms with Crippen LogP contribution in [0.3, 0.4) is 0 Å². The van der Waals surface area contributed by atoms with Crippen LogP contribution in [0.15, 0.2) is 0 Å². The monoisotopic (exact) mass is 388 g/mol. The summed E-state index contributed by atoms with van der Waals surface area (Å²) in [5.74, 6) is -1.11. The molecule has 164 valence electrons. The summed E-state index contributed by atoms with van der Waals surface area (Å²) in [4.78, 5) is 10.9. The van der Waals surface area contributed by atoms with Gasteiger partial charge in [0.2, 0.25) is 0 Å². The number of likely N-dealkylation sites (N-methyl/N-ethyl adjacent to an activating group) is 1. The lowest BCUT2D eigenvalue weighted by Gasteiger charge is -2.28. The maximum Gasteiger partial charge on any atom is 0.199 e. The van der Waals surface area contributed by atoms with E-state index in [9.17, 15) is 5.11 Å². The van der Waals surface area contributed by atoms with Gasteiger partial charge < -0.3 is 9.59 Å². The van der Waals surface area contributed by atoms with Crippen LogP contribution in [0, 0.1) is 0 Å². The Kier molecular flexibility index (Phi) is 16.7. The van der Waals surface area contributed by atoms with Crippen molar-refractivity contribution in [2.75, 3.05) is 34.3 Å². The summed E-state index contributed by atoms with van der Waals surface area (Å²) in [5, 5.41) is 10.9. The molecule has 0 aliphatic rings. The third kappa shape index (κ3) is 18.9. The molecule has 1 atom stereocenters. The first-order valence-corrected chi connectivity index (χ1v) is 11.7. The smallest absolute Gasteiger partial charge is 0.199 e. The minimum Gasteiger partial charge on any atom is -0.363 e. The third-order valence-corrected chi connectivity index (χ3v) is 5.15. The van der Waals surface area contributed by atoms with E-state index in [1.165, 1.54) is 64.2 Å². The molecule has 1 unspecified atom stereocenters. The van der Waals surface area contributed by atoms with E-state index in [1.54, 1.807) is 0 Å². The first-order valence-electron chi connectivity index (χ1n) is 11.7. The molecule has 0 bridgehead atoms. The largest absolute Gasteiger partial charge is 0.363 e. The highest BCUT2D eigenvalue weighted by Crippen LogP contribution is 2.25. The Balaban J connectivity index is 4.02. The average Bonchev–Trinajstić information content (AvgIpc) is 2.61. The zero-order valence-electron chi connectivity index (χ0n) is 19.2. The standard InChI is InChI=1S/C23H50NO3/c1-6-8-10-12-13-14-15-16-18-20-23(25,19-17-11-9-7-2)27-26-22-21-24(3,4)5/h25H,6-22H2,1-5H3/q+1. The Morgan fingerprint density at radius 3 is 1.52 bits per heavy atom. The quantitative estimate of drug-likeness (QED) is 0.0884. The Morgan fingerprint density at radius 1 is 0.667 bits per heavy atom. The van der Waals surface area contributed by atoms with Crippen molar-refractivity contribution < 1.29 is 19.4 Å². The number of hydrogen-bond donors (Lipinski definition) is 1. The number of unbranched alkanes of at least 4 members (excludes halogenated alkanes) is 11. The van der Waals surface area contributed by atoms with Gasteiger partial charge in [-0.25, -0.2) is 9.78 Å². The number of quaternary nitrogens is 1. The van der Waals surface area contributed by atoms with Gasteiger partial charge in [-0.1, -0.05) is 84.5 Å². The van der Waals surface area contributed by atoms with Crippen LogP contribution in [0.2, 0.25) is 0 Å². The zero-order chi connectivity index (χ0) is 20.4. The molecule has 0 saturated heterocycles. The fourth-order valence-corrected chi connectivity index (χ4v) is 3.21. The van der Waals surface area contributed by atoms with E-state index < -0.39 is 5.79 Å². The topological polar surface area (TPSA) is 38.7 Å². The van der Waals surface area contributed by atoms with Gasteiger partial charge in [0.05, 0.1) is 21.1 Å². The molecule has 0 aliphatic carbocycles. The number of hydrogen-bond acceptors (Lipinski definition) is 3. The van der Waals surface area contributed by atoms with Gasteiger partial charge in [-0.3, -0.25) is 0 Å². The fraction of sp³-hybridized carbons (Fsp3) is 1.00. The normalized spacial score (nSPS) is 14.4. The molecule has 4 heteroatoms. The van der Waals surface area contributed by atoms with Gasteiger partial charge in [0, 0.05) is 12.8 Å². The van der Waals surface area contributed by atoms with Gasteiger partial charge in [0.25, 0.3) is 0 Å². The summed E-state index contributed by atoms with van der Waals surface area (Å²) < 4.78 is 0.830. The molecule has 0 radical (unpaired) electrons. The maximum absolute atomic E-state index is 10.9. The predicted molar refractivity (Wildman–Crippen MR) is 115 cm³/mol. The molecule has 0 aromatic carbocycles. The van der Waals surface area contributed by atoms with E-state index in [-0.39, 0.29) is 0 Å². The zero-order valence-corrected chi connectivity index (χ0v) is 19.2. The molecule has 0 aliphatic heterocycles. The van der Waals surface area contributed by atoms with Crippen molar-refractivity contribution >= 4 is 0 Å². The minimum atomic E-state index is -1.11. The number of aliphatic hydroxyl groups is 1. The van der Waals surface area contributed by atoms with Crippen LogP contribution in [0.1, 0.15) is 110 Å². The van der Waals surface area contributed by atoms with Gasteiger partial charge in [-0.15, -0.1) is 0 Å². The highest BCUT2D eigenvalue weighted by Gasteiger charge is 2.28.